The average Bonchev–Trinajstić information content (AvgIpc) is 3.54. The molecule has 2 aliphatic heterocycles. The number of amides is 1. The Morgan fingerprint density at radius 3 is 2.56 bits per heavy atom. The van der Waals surface area contributed by atoms with Crippen molar-refractivity contribution in [2.45, 2.75) is 62.5 Å². The van der Waals surface area contributed by atoms with Gasteiger partial charge in [-0.25, -0.2) is 13.2 Å². The zero-order valence-electron chi connectivity index (χ0n) is 23.6. The highest BCUT2D eigenvalue weighted by Gasteiger charge is 2.44. The summed E-state index contributed by atoms with van der Waals surface area (Å²) in [6.45, 7) is 4.87. The summed E-state index contributed by atoms with van der Waals surface area (Å²) in [6, 6.07) is 14.4. The number of nitrogens with two attached hydrogens (primary N) is 2. The van der Waals surface area contributed by atoms with Gasteiger partial charge in [-0.2, -0.15) is 4.31 Å². The van der Waals surface area contributed by atoms with Crippen LogP contribution in [0.15, 0.2) is 59.5 Å². The van der Waals surface area contributed by atoms with E-state index in [1.54, 1.807) is 0 Å². The summed E-state index contributed by atoms with van der Waals surface area (Å²) in [5.41, 5.74) is 12.4. The van der Waals surface area contributed by atoms with Crippen molar-refractivity contribution in [1.29, 1.82) is 0 Å². The molecule has 2 saturated heterocycles. The normalized spacial score (nSPS) is 22.3. The SMILES string of the molecule is CC(C)(CCN)CN(C[C@@H](O)[C@H](Cc1ccccc1)NC(=O)O[C@H]1CO[C@H]2OCC[C@H]21)S(=O)(=O)c1ccc(N)cc1. The summed E-state index contributed by atoms with van der Waals surface area (Å²) in [7, 11) is -4.03. The predicted molar refractivity (Wildman–Crippen MR) is 154 cm³/mol. The second-order valence-corrected chi connectivity index (χ2v) is 13.5. The van der Waals surface area contributed by atoms with Crippen LogP contribution in [0.2, 0.25) is 0 Å². The lowest BCUT2D eigenvalue weighted by Crippen LogP contribution is -2.52. The van der Waals surface area contributed by atoms with Crippen LogP contribution in [-0.4, -0.2) is 81.3 Å². The van der Waals surface area contributed by atoms with Gasteiger partial charge in [-0.15, -0.1) is 0 Å². The van der Waals surface area contributed by atoms with E-state index in [1.165, 1.54) is 28.6 Å². The molecule has 0 bridgehead atoms. The maximum Gasteiger partial charge on any atom is 0.407 e. The highest BCUT2D eigenvalue weighted by molar-refractivity contribution is 7.89. The van der Waals surface area contributed by atoms with E-state index in [4.69, 9.17) is 25.7 Å². The predicted octanol–water partition coefficient (Wildman–Crippen LogP) is 2.09. The minimum Gasteiger partial charge on any atom is -0.443 e. The summed E-state index contributed by atoms with van der Waals surface area (Å²) >= 11 is 0. The zero-order valence-corrected chi connectivity index (χ0v) is 24.5. The lowest BCUT2D eigenvalue weighted by atomic mass is 9.89. The molecular weight excluding hydrogens is 548 g/mol. The van der Waals surface area contributed by atoms with Crippen LogP contribution in [0, 0.1) is 11.3 Å². The molecule has 1 amide bonds. The minimum absolute atomic E-state index is 0.0384. The quantitative estimate of drug-likeness (QED) is 0.256. The third kappa shape index (κ3) is 8.18. The maximum atomic E-state index is 13.8. The topological polar surface area (TPSA) is 166 Å². The van der Waals surface area contributed by atoms with E-state index in [1.807, 2.05) is 44.2 Å². The van der Waals surface area contributed by atoms with E-state index in [0.29, 0.717) is 25.3 Å². The Bertz CT molecular complexity index is 1240. The second kappa shape index (κ2) is 13.5. The molecule has 0 aromatic heterocycles. The number of ether oxygens (including phenoxy) is 3. The molecule has 2 heterocycles. The van der Waals surface area contributed by atoms with Gasteiger partial charge in [0.2, 0.25) is 10.0 Å². The molecule has 0 aliphatic carbocycles. The Hall–Kier alpha value is -2.74. The van der Waals surface area contributed by atoms with E-state index in [9.17, 15) is 18.3 Å². The molecule has 0 spiro atoms. The van der Waals surface area contributed by atoms with Gasteiger partial charge in [0.25, 0.3) is 0 Å². The first-order valence-corrected chi connectivity index (χ1v) is 15.4. The van der Waals surface area contributed by atoms with Crippen molar-refractivity contribution in [3.05, 3.63) is 60.2 Å². The van der Waals surface area contributed by atoms with Gasteiger partial charge in [0.1, 0.15) is 6.10 Å². The fraction of sp³-hybridized carbons (Fsp3) is 0.552. The number of aliphatic hydroxyl groups is 1. The van der Waals surface area contributed by atoms with Crippen LogP contribution in [0.3, 0.4) is 0 Å². The number of fused-ring (bicyclic) bond motifs is 1. The first-order valence-electron chi connectivity index (χ1n) is 14.0. The summed E-state index contributed by atoms with van der Waals surface area (Å²) < 4.78 is 45.6. The Labute approximate surface area is 242 Å². The van der Waals surface area contributed by atoms with Crippen LogP contribution in [0.5, 0.6) is 0 Å². The number of alkyl carbamates (subject to hydrolysis) is 1. The van der Waals surface area contributed by atoms with Crippen LogP contribution >= 0.6 is 0 Å². The van der Waals surface area contributed by atoms with Gasteiger partial charge in [-0.3, -0.25) is 0 Å². The van der Waals surface area contributed by atoms with Gasteiger partial charge in [-0.05, 0) is 61.1 Å². The van der Waals surface area contributed by atoms with E-state index >= 15 is 0 Å². The standard InChI is InChI=1S/C29H42N4O7S/c1-29(2,13-14-30)19-33(41(36,37)22-10-8-21(31)9-11-22)17-25(34)24(16-20-6-4-3-5-7-20)32-28(35)40-26-18-39-27-23(26)12-15-38-27/h3-11,23-27,34H,12-19,30-31H2,1-2H3,(H,32,35)/t23-,24-,25+,26-,27+/m0/s1. The Morgan fingerprint density at radius 1 is 1.17 bits per heavy atom. The third-order valence-electron chi connectivity index (χ3n) is 7.64. The molecule has 0 radical (unpaired) electrons. The van der Waals surface area contributed by atoms with Gasteiger partial charge >= 0.3 is 6.09 Å². The molecule has 41 heavy (non-hydrogen) atoms. The van der Waals surface area contributed by atoms with E-state index < -0.39 is 39.8 Å². The molecule has 12 heteroatoms. The molecule has 6 N–H and O–H groups in total. The summed E-state index contributed by atoms with van der Waals surface area (Å²) in [6.07, 6.45) is -1.24. The van der Waals surface area contributed by atoms with Gasteiger partial charge < -0.3 is 36.1 Å². The van der Waals surface area contributed by atoms with Gasteiger partial charge in [0, 0.05) is 18.8 Å². The third-order valence-corrected chi connectivity index (χ3v) is 9.47. The molecule has 226 valence electrons. The number of nitrogen functional groups attached to an aromatic ring is 1. The Kier molecular flexibility index (Phi) is 10.3. The molecule has 5 atom stereocenters. The minimum atomic E-state index is -4.03. The zero-order chi connectivity index (χ0) is 29.6. The fourth-order valence-electron chi connectivity index (χ4n) is 5.34. The molecule has 4 rings (SSSR count). The van der Waals surface area contributed by atoms with E-state index in [2.05, 4.69) is 5.32 Å². The number of rotatable bonds is 13. The Balaban J connectivity index is 1.55. The van der Waals surface area contributed by atoms with Crippen LogP contribution in [0.4, 0.5) is 10.5 Å². The largest absolute Gasteiger partial charge is 0.443 e. The van der Waals surface area contributed by atoms with Gasteiger partial charge in [0.15, 0.2) is 6.29 Å². The number of hydrogen-bond donors (Lipinski definition) is 4. The number of benzene rings is 2. The number of nitrogens with one attached hydrogen (secondary N) is 1. The molecule has 2 aromatic rings. The summed E-state index contributed by atoms with van der Waals surface area (Å²) in [5.74, 6) is -0.0384. The number of anilines is 1. The monoisotopic (exact) mass is 590 g/mol. The van der Waals surface area contributed by atoms with Crippen LogP contribution in [0.25, 0.3) is 0 Å². The van der Waals surface area contributed by atoms with Crippen molar-refractivity contribution in [3.63, 3.8) is 0 Å². The molecule has 0 saturated carbocycles. The summed E-state index contributed by atoms with van der Waals surface area (Å²) in [4.78, 5) is 13.1. The number of nitrogens with zero attached hydrogens (tertiary/aromatic N) is 1. The van der Waals surface area contributed by atoms with Crippen LogP contribution in [0.1, 0.15) is 32.3 Å². The molecule has 2 fully saturated rings. The van der Waals surface area contributed by atoms with Crippen LogP contribution in [-0.2, 0) is 30.7 Å². The van der Waals surface area contributed by atoms with E-state index in [-0.39, 0.29) is 43.2 Å². The van der Waals surface area contributed by atoms with Crippen molar-refractivity contribution in [1.82, 2.24) is 9.62 Å². The first kappa shape index (κ1) is 31.2. The van der Waals surface area contributed by atoms with Crippen molar-refractivity contribution in [2.24, 2.45) is 17.1 Å². The number of carbonyl (C=O) groups excluding carboxylic acids is 1. The summed E-state index contributed by atoms with van der Waals surface area (Å²) in [5, 5.41) is 14.3. The molecular formula is C29H42N4O7S. The van der Waals surface area contributed by atoms with Crippen molar-refractivity contribution in [2.75, 3.05) is 38.6 Å². The molecule has 11 nitrogen and oxygen atoms in total. The second-order valence-electron chi connectivity index (χ2n) is 11.5. The first-order chi connectivity index (χ1) is 19.5. The molecule has 2 aromatic carbocycles. The fourth-order valence-corrected chi connectivity index (χ4v) is 6.99. The van der Waals surface area contributed by atoms with E-state index in [0.717, 1.165) is 12.0 Å². The van der Waals surface area contributed by atoms with Gasteiger partial charge in [0.05, 0.1) is 36.2 Å². The number of carbonyl (C=O) groups is 1. The highest BCUT2D eigenvalue weighted by atomic mass is 32.2. The van der Waals surface area contributed by atoms with Gasteiger partial charge in [-0.1, -0.05) is 44.2 Å². The highest BCUT2D eigenvalue weighted by Crippen LogP contribution is 2.33. The average molecular weight is 591 g/mol. The van der Waals surface area contributed by atoms with Crippen LogP contribution < -0.4 is 16.8 Å². The lowest BCUT2D eigenvalue weighted by molar-refractivity contribution is -0.0907. The van der Waals surface area contributed by atoms with Crippen molar-refractivity contribution in [3.8, 4) is 0 Å². The number of hydrogen-bond acceptors (Lipinski definition) is 9. The Morgan fingerprint density at radius 2 is 1.88 bits per heavy atom. The number of sulfonamides is 1. The van der Waals surface area contributed by atoms with Crippen molar-refractivity contribution >= 4 is 21.8 Å². The maximum absolute atomic E-state index is 13.8. The molecule has 2 aliphatic rings. The smallest absolute Gasteiger partial charge is 0.407 e. The lowest BCUT2D eigenvalue weighted by Gasteiger charge is -2.35. The number of aliphatic hydroxyl groups excluding tert-OH is 1. The molecule has 0 unspecified atom stereocenters. The van der Waals surface area contributed by atoms with Crippen molar-refractivity contribution < 1.29 is 32.5 Å².